The zero-order valence-electron chi connectivity index (χ0n) is 11.0. The van der Waals surface area contributed by atoms with E-state index in [0.29, 0.717) is 5.54 Å². The fraction of sp³-hybridized carbons (Fsp3) is 0.786. The lowest BCUT2D eigenvalue weighted by molar-refractivity contribution is 0.150. The fourth-order valence-electron chi connectivity index (χ4n) is 3.46. The summed E-state index contributed by atoms with van der Waals surface area (Å²) in [6.07, 6.45) is 9.80. The highest BCUT2D eigenvalue weighted by Crippen LogP contribution is 2.30. The van der Waals surface area contributed by atoms with E-state index in [1.165, 1.54) is 38.5 Å². The molecule has 1 aliphatic heterocycles. The SMILES string of the molecule is c1cc(CN2CCCNC3(CCCCC3)C2)on1. The van der Waals surface area contributed by atoms with Gasteiger partial charge < -0.3 is 9.84 Å². The molecule has 100 valence electrons. The van der Waals surface area contributed by atoms with Crippen LogP contribution in [0.1, 0.15) is 44.3 Å². The summed E-state index contributed by atoms with van der Waals surface area (Å²) in [6.45, 7) is 4.39. The molecule has 0 aromatic carbocycles. The summed E-state index contributed by atoms with van der Waals surface area (Å²) in [5.41, 5.74) is 0.370. The first kappa shape index (κ1) is 12.2. The molecule has 1 aromatic rings. The smallest absolute Gasteiger partial charge is 0.150 e. The molecule has 4 heteroatoms. The molecule has 0 atom stereocenters. The summed E-state index contributed by atoms with van der Waals surface area (Å²) in [5, 5.41) is 7.62. The monoisotopic (exact) mass is 249 g/mol. The van der Waals surface area contributed by atoms with Crippen molar-refractivity contribution in [3.63, 3.8) is 0 Å². The van der Waals surface area contributed by atoms with Crippen molar-refractivity contribution in [2.45, 2.75) is 50.6 Å². The molecule has 4 nitrogen and oxygen atoms in total. The van der Waals surface area contributed by atoms with Crippen molar-refractivity contribution in [3.8, 4) is 0 Å². The van der Waals surface area contributed by atoms with Gasteiger partial charge in [-0.3, -0.25) is 4.90 Å². The average molecular weight is 249 g/mol. The van der Waals surface area contributed by atoms with E-state index in [9.17, 15) is 0 Å². The highest BCUT2D eigenvalue weighted by Gasteiger charge is 2.34. The molecule has 2 fully saturated rings. The van der Waals surface area contributed by atoms with Crippen LogP contribution in [0.15, 0.2) is 16.8 Å². The lowest BCUT2D eigenvalue weighted by Crippen LogP contribution is -2.52. The van der Waals surface area contributed by atoms with Gasteiger partial charge >= 0.3 is 0 Å². The Kier molecular flexibility index (Phi) is 3.66. The van der Waals surface area contributed by atoms with Gasteiger partial charge in [-0.05, 0) is 32.4 Å². The predicted molar refractivity (Wildman–Crippen MR) is 70.2 cm³/mol. The van der Waals surface area contributed by atoms with Crippen LogP contribution in [0.3, 0.4) is 0 Å². The minimum atomic E-state index is 0.370. The Morgan fingerprint density at radius 1 is 1.28 bits per heavy atom. The van der Waals surface area contributed by atoms with E-state index >= 15 is 0 Å². The van der Waals surface area contributed by atoms with Gasteiger partial charge in [0.05, 0.1) is 12.7 Å². The molecule has 1 saturated carbocycles. The van der Waals surface area contributed by atoms with Crippen molar-refractivity contribution in [2.75, 3.05) is 19.6 Å². The van der Waals surface area contributed by atoms with Crippen molar-refractivity contribution < 1.29 is 4.52 Å². The third-order valence-electron chi connectivity index (χ3n) is 4.36. The maximum Gasteiger partial charge on any atom is 0.150 e. The van der Waals surface area contributed by atoms with E-state index in [1.54, 1.807) is 6.20 Å². The third kappa shape index (κ3) is 2.75. The van der Waals surface area contributed by atoms with E-state index in [1.807, 2.05) is 6.07 Å². The summed E-state index contributed by atoms with van der Waals surface area (Å²) < 4.78 is 5.24. The molecule has 2 heterocycles. The van der Waals surface area contributed by atoms with Crippen molar-refractivity contribution in [1.29, 1.82) is 0 Å². The third-order valence-corrected chi connectivity index (χ3v) is 4.36. The van der Waals surface area contributed by atoms with E-state index in [-0.39, 0.29) is 0 Å². The lowest BCUT2D eigenvalue weighted by Gasteiger charge is -2.39. The van der Waals surface area contributed by atoms with Crippen molar-refractivity contribution >= 4 is 0 Å². The first-order valence-electron chi connectivity index (χ1n) is 7.23. The highest BCUT2D eigenvalue weighted by atomic mass is 16.5. The number of nitrogens with one attached hydrogen (secondary N) is 1. The number of nitrogens with zero attached hydrogens (tertiary/aromatic N) is 2. The second-order valence-corrected chi connectivity index (χ2v) is 5.81. The predicted octanol–water partition coefficient (Wildman–Crippen LogP) is 2.17. The van der Waals surface area contributed by atoms with Crippen molar-refractivity contribution in [2.24, 2.45) is 0 Å². The molecular formula is C14H23N3O. The fourth-order valence-corrected chi connectivity index (χ4v) is 3.46. The van der Waals surface area contributed by atoms with Gasteiger partial charge in [0.2, 0.25) is 0 Å². The van der Waals surface area contributed by atoms with Gasteiger partial charge in [0.25, 0.3) is 0 Å². The van der Waals surface area contributed by atoms with Gasteiger partial charge in [0.15, 0.2) is 5.76 Å². The van der Waals surface area contributed by atoms with E-state index in [4.69, 9.17) is 4.52 Å². The topological polar surface area (TPSA) is 41.3 Å². The summed E-state index contributed by atoms with van der Waals surface area (Å²) in [4.78, 5) is 2.53. The van der Waals surface area contributed by atoms with Crippen LogP contribution < -0.4 is 5.32 Å². The first-order valence-corrected chi connectivity index (χ1v) is 7.23. The Morgan fingerprint density at radius 3 is 2.94 bits per heavy atom. The average Bonchev–Trinajstić information content (AvgIpc) is 2.81. The molecule has 1 N–H and O–H groups in total. The van der Waals surface area contributed by atoms with Gasteiger partial charge in [-0.1, -0.05) is 24.4 Å². The van der Waals surface area contributed by atoms with Crippen LogP contribution >= 0.6 is 0 Å². The lowest BCUT2D eigenvalue weighted by atomic mass is 9.81. The number of rotatable bonds is 2. The Balaban J connectivity index is 1.66. The molecule has 0 bridgehead atoms. The quantitative estimate of drug-likeness (QED) is 0.872. The molecule has 3 rings (SSSR count). The maximum atomic E-state index is 5.24. The Labute approximate surface area is 109 Å². The number of hydrogen-bond donors (Lipinski definition) is 1. The van der Waals surface area contributed by atoms with Gasteiger partial charge in [0, 0.05) is 18.2 Å². The van der Waals surface area contributed by atoms with Gasteiger partial charge in [-0.2, -0.15) is 0 Å². The minimum absolute atomic E-state index is 0.370. The van der Waals surface area contributed by atoms with Crippen molar-refractivity contribution in [3.05, 3.63) is 18.0 Å². The zero-order valence-corrected chi connectivity index (χ0v) is 11.0. The molecule has 1 aromatic heterocycles. The van der Waals surface area contributed by atoms with Crippen LogP contribution in [0.5, 0.6) is 0 Å². The van der Waals surface area contributed by atoms with Gasteiger partial charge in [-0.15, -0.1) is 0 Å². The van der Waals surface area contributed by atoms with Crippen LogP contribution in [-0.4, -0.2) is 35.2 Å². The van der Waals surface area contributed by atoms with Crippen LogP contribution in [-0.2, 0) is 6.54 Å². The minimum Gasteiger partial charge on any atom is -0.360 e. The molecule has 0 amide bonds. The van der Waals surface area contributed by atoms with Crippen molar-refractivity contribution in [1.82, 2.24) is 15.4 Å². The van der Waals surface area contributed by atoms with Crippen LogP contribution in [0.25, 0.3) is 0 Å². The second kappa shape index (κ2) is 5.41. The number of aromatic nitrogens is 1. The molecule has 1 aliphatic carbocycles. The van der Waals surface area contributed by atoms with Crippen LogP contribution in [0.4, 0.5) is 0 Å². The summed E-state index contributed by atoms with van der Waals surface area (Å²) in [5.74, 6) is 0.989. The molecule has 18 heavy (non-hydrogen) atoms. The highest BCUT2D eigenvalue weighted by molar-refractivity contribution is 4.98. The molecule has 0 unspecified atom stereocenters. The molecule has 0 radical (unpaired) electrons. The van der Waals surface area contributed by atoms with Crippen LogP contribution in [0.2, 0.25) is 0 Å². The Morgan fingerprint density at radius 2 is 2.17 bits per heavy atom. The van der Waals surface area contributed by atoms with E-state index < -0.39 is 0 Å². The Hall–Kier alpha value is -0.870. The summed E-state index contributed by atoms with van der Waals surface area (Å²) in [7, 11) is 0. The van der Waals surface area contributed by atoms with E-state index in [0.717, 1.165) is 31.9 Å². The standard InChI is InChI=1S/C14H23N3O/c1-2-6-14(7-3-1)12-17(10-4-8-15-14)11-13-5-9-16-18-13/h5,9,15H,1-4,6-8,10-12H2. The van der Waals surface area contributed by atoms with Crippen LogP contribution in [0, 0.1) is 0 Å². The normalized spacial score (nSPS) is 25.1. The molecule has 2 aliphatic rings. The van der Waals surface area contributed by atoms with Gasteiger partial charge in [0.1, 0.15) is 0 Å². The molecule has 1 spiro atoms. The summed E-state index contributed by atoms with van der Waals surface area (Å²) >= 11 is 0. The number of hydrogen-bond acceptors (Lipinski definition) is 4. The summed E-state index contributed by atoms with van der Waals surface area (Å²) in [6, 6.07) is 1.98. The Bertz CT molecular complexity index is 357. The maximum absolute atomic E-state index is 5.24. The largest absolute Gasteiger partial charge is 0.360 e. The van der Waals surface area contributed by atoms with Gasteiger partial charge in [-0.25, -0.2) is 0 Å². The molecule has 1 saturated heterocycles. The first-order chi connectivity index (χ1) is 8.86. The molecular weight excluding hydrogens is 226 g/mol. The second-order valence-electron chi connectivity index (χ2n) is 5.81. The van der Waals surface area contributed by atoms with E-state index in [2.05, 4.69) is 15.4 Å². The zero-order chi connectivity index (χ0) is 12.3.